The molecule has 4 nitrogen and oxygen atoms in total. The topological polar surface area (TPSA) is 49.5 Å². The number of hydrogen-bond donors (Lipinski definition) is 1. The molecule has 0 bridgehead atoms. The van der Waals surface area contributed by atoms with Gasteiger partial charge in [-0.1, -0.05) is 12.1 Å². The SMILES string of the molecule is O=C(O)C1CCCC([N+]2=C(/C=C/c3cccs3)C=CCC2)O1. The summed E-state index contributed by atoms with van der Waals surface area (Å²) in [5.74, 6) is -0.854. The van der Waals surface area contributed by atoms with Crippen molar-refractivity contribution in [2.24, 2.45) is 0 Å². The summed E-state index contributed by atoms with van der Waals surface area (Å²) in [6.07, 6.45) is 11.0. The molecule has 0 spiro atoms. The van der Waals surface area contributed by atoms with Gasteiger partial charge >= 0.3 is 5.97 Å². The number of thiophene rings is 1. The Morgan fingerprint density at radius 1 is 1.41 bits per heavy atom. The lowest BCUT2D eigenvalue weighted by Gasteiger charge is -2.26. The van der Waals surface area contributed by atoms with Gasteiger partial charge in [-0.05, 0) is 30.4 Å². The number of ether oxygens (including phenoxy) is 1. The van der Waals surface area contributed by atoms with E-state index < -0.39 is 12.1 Å². The van der Waals surface area contributed by atoms with Crippen LogP contribution in [0.5, 0.6) is 0 Å². The highest BCUT2D eigenvalue weighted by molar-refractivity contribution is 7.10. The van der Waals surface area contributed by atoms with Crippen LogP contribution in [0, 0.1) is 0 Å². The van der Waals surface area contributed by atoms with Crippen molar-refractivity contribution in [3.05, 3.63) is 40.6 Å². The third-order valence-electron chi connectivity index (χ3n) is 3.98. The number of carbonyl (C=O) groups is 1. The monoisotopic (exact) mass is 318 g/mol. The average molecular weight is 318 g/mol. The van der Waals surface area contributed by atoms with Crippen LogP contribution in [0.4, 0.5) is 0 Å². The quantitative estimate of drug-likeness (QED) is 0.868. The van der Waals surface area contributed by atoms with E-state index in [9.17, 15) is 9.90 Å². The summed E-state index contributed by atoms with van der Waals surface area (Å²) < 4.78 is 7.99. The number of hydrogen-bond acceptors (Lipinski definition) is 3. The highest BCUT2D eigenvalue weighted by Gasteiger charge is 2.35. The minimum Gasteiger partial charge on any atom is -0.479 e. The van der Waals surface area contributed by atoms with Crippen LogP contribution in [-0.2, 0) is 9.53 Å². The average Bonchev–Trinajstić information content (AvgIpc) is 3.07. The molecule has 0 saturated carbocycles. The van der Waals surface area contributed by atoms with E-state index in [1.54, 1.807) is 11.3 Å². The molecule has 3 heterocycles. The van der Waals surface area contributed by atoms with Crippen molar-refractivity contribution >= 4 is 29.1 Å². The van der Waals surface area contributed by atoms with E-state index in [0.29, 0.717) is 6.42 Å². The van der Waals surface area contributed by atoms with E-state index in [4.69, 9.17) is 4.74 Å². The van der Waals surface area contributed by atoms with Gasteiger partial charge in [0.05, 0.1) is 0 Å². The van der Waals surface area contributed by atoms with Crippen molar-refractivity contribution in [2.75, 3.05) is 6.54 Å². The molecule has 0 aliphatic carbocycles. The van der Waals surface area contributed by atoms with E-state index in [0.717, 1.165) is 31.5 Å². The number of aliphatic carboxylic acids is 1. The van der Waals surface area contributed by atoms with Gasteiger partial charge in [0.25, 0.3) is 6.23 Å². The summed E-state index contributed by atoms with van der Waals surface area (Å²) in [7, 11) is 0. The van der Waals surface area contributed by atoms with Gasteiger partial charge in [0.1, 0.15) is 6.54 Å². The first kappa shape index (κ1) is 15.2. The molecule has 0 aromatic carbocycles. The van der Waals surface area contributed by atoms with Crippen molar-refractivity contribution in [1.82, 2.24) is 0 Å². The van der Waals surface area contributed by atoms with Crippen LogP contribution in [0.25, 0.3) is 6.08 Å². The molecule has 1 fully saturated rings. The summed E-state index contributed by atoms with van der Waals surface area (Å²) in [5, 5.41) is 11.2. The molecule has 5 heteroatoms. The van der Waals surface area contributed by atoms with Crippen molar-refractivity contribution in [3.8, 4) is 0 Å². The van der Waals surface area contributed by atoms with Gasteiger partial charge < -0.3 is 9.84 Å². The Bertz CT molecular complexity index is 616. The number of carboxylic acid groups (broad SMARTS) is 1. The third kappa shape index (κ3) is 3.54. The predicted octanol–water partition coefficient (Wildman–Crippen LogP) is 3.15. The normalized spacial score (nSPS) is 25.8. The van der Waals surface area contributed by atoms with E-state index in [1.807, 2.05) is 6.07 Å². The Morgan fingerprint density at radius 2 is 2.32 bits per heavy atom. The molecule has 0 radical (unpaired) electrons. The van der Waals surface area contributed by atoms with Crippen LogP contribution in [0.3, 0.4) is 0 Å². The maximum absolute atomic E-state index is 11.2. The van der Waals surface area contributed by atoms with Gasteiger partial charge in [-0.3, -0.25) is 0 Å². The summed E-state index contributed by atoms with van der Waals surface area (Å²) in [6.45, 7) is 0.873. The van der Waals surface area contributed by atoms with Gasteiger partial charge in [0.2, 0.25) is 5.71 Å². The second-order valence-electron chi connectivity index (χ2n) is 5.51. The van der Waals surface area contributed by atoms with Crippen LogP contribution in [-0.4, -0.2) is 40.2 Å². The molecule has 2 aliphatic rings. The van der Waals surface area contributed by atoms with Gasteiger partial charge in [-0.15, -0.1) is 11.3 Å². The summed E-state index contributed by atoms with van der Waals surface area (Å²) in [4.78, 5) is 12.4. The number of rotatable bonds is 4. The van der Waals surface area contributed by atoms with E-state index in [1.165, 1.54) is 4.88 Å². The van der Waals surface area contributed by atoms with Crippen molar-refractivity contribution in [1.29, 1.82) is 0 Å². The highest BCUT2D eigenvalue weighted by Crippen LogP contribution is 2.22. The molecule has 1 N–H and O–H groups in total. The fraction of sp³-hybridized carbons (Fsp3) is 0.412. The van der Waals surface area contributed by atoms with Crippen molar-refractivity contribution < 1.29 is 19.2 Å². The minimum absolute atomic E-state index is 0.136. The first-order valence-electron chi connectivity index (χ1n) is 7.64. The maximum Gasteiger partial charge on any atom is 0.333 e. The van der Waals surface area contributed by atoms with Crippen LogP contribution in [0.1, 0.15) is 30.6 Å². The zero-order chi connectivity index (χ0) is 15.4. The number of carboxylic acids is 1. The molecular formula is C17H20NO3S+. The lowest BCUT2D eigenvalue weighted by molar-refractivity contribution is -0.619. The van der Waals surface area contributed by atoms with Gasteiger partial charge in [-0.2, -0.15) is 0 Å². The molecule has 2 atom stereocenters. The van der Waals surface area contributed by atoms with Gasteiger partial charge in [0.15, 0.2) is 6.10 Å². The molecular weight excluding hydrogens is 298 g/mol. The van der Waals surface area contributed by atoms with Gasteiger partial charge in [-0.25, -0.2) is 9.37 Å². The van der Waals surface area contributed by atoms with Crippen LogP contribution in [0.15, 0.2) is 35.7 Å². The molecule has 1 aromatic heterocycles. The molecule has 2 aliphatic heterocycles. The Labute approximate surface area is 134 Å². The lowest BCUT2D eigenvalue weighted by atomic mass is 10.1. The largest absolute Gasteiger partial charge is 0.479 e. The smallest absolute Gasteiger partial charge is 0.333 e. The van der Waals surface area contributed by atoms with Gasteiger partial charge in [0, 0.05) is 29.9 Å². The third-order valence-corrected chi connectivity index (χ3v) is 4.82. The molecule has 1 saturated heterocycles. The highest BCUT2D eigenvalue weighted by atomic mass is 32.1. The van der Waals surface area contributed by atoms with Crippen LogP contribution >= 0.6 is 11.3 Å². The zero-order valence-corrected chi connectivity index (χ0v) is 13.2. The molecule has 22 heavy (non-hydrogen) atoms. The minimum atomic E-state index is -0.854. The summed E-state index contributed by atoms with van der Waals surface area (Å²) in [6, 6.07) is 4.11. The van der Waals surface area contributed by atoms with E-state index in [2.05, 4.69) is 40.3 Å². The summed E-state index contributed by atoms with van der Waals surface area (Å²) in [5.41, 5.74) is 1.09. The van der Waals surface area contributed by atoms with Crippen molar-refractivity contribution in [2.45, 2.75) is 38.0 Å². The predicted molar refractivity (Wildman–Crippen MR) is 87.4 cm³/mol. The lowest BCUT2D eigenvalue weighted by Crippen LogP contribution is -2.42. The standard InChI is InChI=1S/C17H19NO3S/c19-17(20)15-7-3-8-16(21-15)18-11-2-1-5-13(18)9-10-14-6-4-12-22-14/h1,4-6,9-10,12,15-16H,2-3,7-8,11H2/p+1/b10-9+. The van der Waals surface area contributed by atoms with Crippen LogP contribution < -0.4 is 0 Å². The summed E-state index contributed by atoms with van der Waals surface area (Å²) >= 11 is 1.70. The fourth-order valence-corrected chi connectivity index (χ4v) is 3.49. The fourth-order valence-electron chi connectivity index (χ4n) is 2.87. The molecule has 1 aromatic rings. The van der Waals surface area contributed by atoms with Crippen molar-refractivity contribution in [3.63, 3.8) is 0 Å². The zero-order valence-electron chi connectivity index (χ0n) is 12.4. The molecule has 2 unspecified atom stereocenters. The molecule has 0 amide bonds. The van der Waals surface area contributed by atoms with E-state index in [-0.39, 0.29) is 6.23 Å². The Balaban J connectivity index is 1.81. The Kier molecular flexibility index (Phi) is 4.85. The Morgan fingerprint density at radius 3 is 3.09 bits per heavy atom. The first-order valence-corrected chi connectivity index (χ1v) is 8.52. The first-order chi connectivity index (χ1) is 10.7. The molecule has 3 rings (SSSR count). The number of nitrogens with zero attached hydrogens (tertiary/aromatic N) is 1. The maximum atomic E-state index is 11.2. The molecule has 116 valence electrons. The second-order valence-corrected chi connectivity index (χ2v) is 6.49. The Hall–Kier alpha value is -1.72. The number of allylic oxidation sites excluding steroid dienone is 2. The second kappa shape index (κ2) is 7.03. The van der Waals surface area contributed by atoms with E-state index >= 15 is 0 Å². The van der Waals surface area contributed by atoms with Crippen LogP contribution in [0.2, 0.25) is 0 Å².